The van der Waals surface area contributed by atoms with Crippen LogP contribution in [0.25, 0.3) is 5.69 Å². The Morgan fingerprint density at radius 1 is 1.16 bits per heavy atom. The van der Waals surface area contributed by atoms with Crippen LogP contribution in [0.1, 0.15) is 6.42 Å². The fourth-order valence-corrected chi connectivity index (χ4v) is 3.75. The van der Waals surface area contributed by atoms with Crippen LogP contribution < -0.4 is 24.8 Å². The number of ether oxygens (including phenoxy) is 3. The molecular formula is C20H20N6O5S. The Kier molecular flexibility index (Phi) is 6.70. The second-order valence-electron chi connectivity index (χ2n) is 6.50. The first-order valence-corrected chi connectivity index (χ1v) is 10.7. The Morgan fingerprint density at radius 3 is 2.81 bits per heavy atom. The van der Waals surface area contributed by atoms with E-state index in [9.17, 15) is 9.59 Å². The number of fused-ring (bicyclic) bond motifs is 1. The van der Waals surface area contributed by atoms with Gasteiger partial charge in [-0.15, -0.1) is 5.10 Å². The van der Waals surface area contributed by atoms with Crippen molar-refractivity contribution in [3.05, 3.63) is 42.5 Å². The maximum atomic E-state index is 12.2. The van der Waals surface area contributed by atoms with Gasteiger partial charge in [0.25, 0.3) is 0 Å². The molecule has 32 heavy (non-hydrogen) atoms. The molecular weight excluding hydrogens is 436 g/mol. The van der Waals surface area contributed by atoms with Gasteiger partial charge in [-0.2, -0.15) is 4.68 Å². The molecule has 4 rings (SSSR count). The van der Waals surface area contributed by atoms with Crippen LogP contribution in [0.15, 0.2) is 47.6 Å². The van der Waals surface area contributed by atoms with Crippen LogP contribution in [-0.4, -0.2) is 58.2 Å². The molecule has 3 aromatic rings. The van der Waals surface area contributed by atoms with Gasteiger partial charge in [0.05, 0.1) is 7.11 Å². The third kappa shape index (κ3) is 5.09. The number of carbonyl (C=O) groups is 2. The van der Waals surface area contributed by atoms with Gasteiger partial charge in [0.2, 0.25) is 11.1 Å². The Hall–Kier alpha value is -3.80. The van der Waals surface area contributed by atoms with E-state index in [2.05, 4.69) is 26.2 Å². The van der Waals surface area contributed by atoms with Crippen LogP contribution >= 0.6 is 11.8 Å². The van der Waals surface area contributed by atoms with Gasteiger partial charge in [-0.05, 0) is 34.7 Å². The van der Waals surface area contributed by atoms with E-state index in [1.54, 1.807) is 31.4 Å². The van der Waals surface area contributed by atoms with Crippen LogP contribution in [0.3, 0.4) is 0 Å². The molecule has 0 unspecified atom stereocenters. The summed E-state index contributed by atoms with van der Waals surface area (Å²) < 4.78 is 17.8. The molecule has 0 spiro atoms. The minimum Gasteiger partial charge on any atom is -0.494 e. The molecule has 166 valence electrons. The van der Waals surface area contributed by atoms with Crippen molar-refractivity contribution in [3.8, 4) is 22.9 Å². The number of para-hydroxylation sites is 2. The number of thioether (sulfide) groups is 1. The smallest absolute Gasteiger partial charge is 0.325 e. The summed E-state index contributed by atoms with van der Waals surface area (Å²) in [6.45, 7) is 0.928. The van der Waals surface area contributed by atoms with Crippen LogP contribution in [0, 0.1) is 0 Å². The van der Waals surface area contributed by atoms with Crippen molar-refractivity contribution >= 4 is 29.4 Å². The molecule has 2 heterocycles. The number of nitrogens with one attached hydrogen (secondary N) is 2. The summed E-state index contributed by atoms with van der Waals surface area (Å²) in [6.07, 6.45) is 0.0952. The van der Waals surface area contributed by atoms with Gasteiger partial charge in [0.15, 0.2) is 11.5 Å². The molecule has 12 heteroatoms. The molecule has 0 bridgehead atoms. The van der Waals surface area contributed by atoms with Gasteiger partial charge < -0.3 is 19.5 Å². The first-order chi connectivity index (χ1) is 15.6. The first-order valence-electron chi connectivity index (χ1n) is 9.69. The zero-order chi connectivity index (χ0) is 22.3. The molecule has 1 aliphatic heterocycles. The number of nitrogens with zero attached hydrogens (tertiary/aromatic N) is 4. The maximum Gasteiger partial charge on any atom is 0.325 e. The number of methoxy groups -OCH3 is 1. The molecule has 3 amide bonds. The summed E-state index contributed by atoms with van der Waals surface area (Å²) in [7, 11) is 1.57. The number of aromatic nitrogens is 4. The summed E-state index contributed by atoms with van der Waals surface area (Å²) in [4.78, 5) is 24.3. The first kappa shape index (κ1) is 21.4. The van der Waals surface area contributed by atoms with Gasteiger partial charge in [-0.25, -0.2) is 4.79 Å². The highest BCUT2D eigenvalue weighted by molar-refractivity contribution is 7.99. The number of carbonyl (C=O) groups excluding carboxylic acids is 2. The Balaban J connectivity index is 1.27. The number of urea groups is 1. The number of hydrogen-bond acceptors (Lipinski definition) is 9. The van der Waals surface area contributed by atoms with Gasteiger partial charge in [-0.3, -0.25) is 10.1 Å². The second-order valence-corrected chi connectivity index (χ2v) is 7.57. The molecule has 2 N–H and O–H groups in total. The maximum absolute atomic E-state index is 12.2. The molecule has 0 radical (unpaired) electrons. The lowest BCUT2D eigenvalue weighted by Gasteiger charge is -2.19. The monoisotopic (exact) mass is 456 g/mol. The zero-order valence-corrected chi connectivity index (χ0v) is 17.9. The highest BCUT2D eigenvalue weighted by atomic mass is 32.2. The molecule has 0 saturated heterocycles. The number of anilines is 1. The van der Waals surface area contributed by atoms with Crippen LogP contribution in [0.4, 0.5) is 10.5 Å². The second kappa shape index (κ2) is 10.0. The molecule has 0 aliphatic carbocycles. The van der Waals surface area contributed by atoms with E-state index in [1.807, 2.05) is 18.2 Å². The third-order valence-corrected chi connectivity index (χ3v) is 5.29. The average molecular weight is 456 g/mol. The van der Waals surface area contributed by atoms with E-state index in [0.717, 1.165) is 0 Å². The normalized spacial score (nSPS) is 12.2. The molecule has 0 atom stereocenters. The topological polar surface area (TPSA) is 129 Å². The van der Waals surface area contributed by atoms with E-state index < -0.39 is 11.9 Å². The Bertz CT molecular complexity index is 1120. The summed E-state index contributed by atoms with van der Waals surface area (Å²) >= 11 is 1.29. The van der Waals surface area contributed by atoms with Crippen molar-refractivity contribution in [1.29, 1.82) is 0 Å². The standard InChI is InChI=1S/C20H20N6O5S/c1-29-15-5-3-2-4-14(15)26-20(23-24-25-26)32-11-8-18(27)22-19(28)21-13-6-7-16-17(12-13)31-10-9-30-16/h2-7,12H,8-11H2,1H3,(H2,21,22,27,28). The van der Waals surface area contributed by atoms with Crippen molar-refractivity contribution < 1.29 is 23.8 Å². The predicted molar refractivity (Wildman–Crippen MR) is 116 cm³/mol. The quantitative estimate of drug-likeness (QED) is 0.514. The van der Waals surface area contributed by atoms with E-state index in [-0.39, 0.29) is 6.42 Å². The molecule has 2 aromatic carbocycles. The Morgan fingerprint density at radius 2 is 1.97 bits per heavy atom. The van der Waals surface area contributed by atoms with E-state index in [0.29, 0.717) is 52.7 Å². The number of benzene rings is 2. The average Bonchev–Trinajstić information content (AvgIpc) is 3.27. The highest BCUT2D eigenvalue weighted by Crippen LogP contribution is 2.32. The fraction of sp³-hybridized carbons (Fsp3) is 0.250. The number of hydrogen-bond donors (Lipinski definition) is 2. The van der Waals surface area contributed by atoms with E-state index >= 15 is 0 Å². The Labute approximate surface area is 187 Å². The number of tetrazole rings is 1. The fourth-order valence-electron chi connectivity index (χ4n) is 2.93. The van der Waals surface area contributed by atoms with Crippen molar-refractivity contribution in [2.45, 2.75) is 11.6 Å². The highest BCUT2D eigenvalue weighted by Gasteiger charge is 2.16. The van der Waals surface area contributed by atoms with Crippen molar-refractivity contribution in [1.82, 2.24) is 25.5 Å². The summed E-state index contributed by atoms with van der Waals surface area (Å²) in [5, 5.41) is 17.1. The lowest BCUT2D eigenvalue weighted by molar-refractivity contribution is -0.119. The van der Waals surface area contributed by atoms with E-state index in [4.69, 9.17) is 14.2 Å². The van der Waals surface area contributed by atoms with Gasteiger partial charge >= 0.3 is 6.03 Å². The number of imide groups is 1. The molecule has 11 nitrogen and oxygen atoms in total. The zero-order valence-electron chi connectivity index (χ0n) is 17.1. The van der Waals surface area contributed by atoms with E-state index in [1.165, 1.54) is 16.4 Å². The lowest BCUT2D eigenvalue weighted by atomic mass is 10.2. The predicted octanol–water partition coefficient (Wildman–Crippen LogP) is 2.27. The van der Waals surface area contributed by atoms with Crippen LogP contribution in [0.5, 0.6) is 17.2 Å². The summed E-state index contributed by atoms with van der Waals surface area (Å²) in [5.41, 5.74) is 1.18. The SMILES string of the molecule is COc1ccccc1-n1nnnc1SCCC(=O)NC(=O)Nc1ccc2c(c1)OCCO2. The lowest BCUT2D eigenvalue weighted by Crippen LogP contribution is -2.34. The number of rotatable bonds is 7. The van der Waals surface area contributed by atoms with Gasteiger partial charge in [0, 0.05) is 23.9 Å². The molecule has 0 fully saturated rings. The largest absolute Gasteiger partial charge is 0.494 e. The summed E-state index contributed by atoms with van der Waals surface area (Å²) in [6, 6.07) is 11.7. The third-order valence-electron chi connectivity index (χ3n) is 4.37. The van der Waals surface area contributed by atoms with Crippen LogP contribution in [0.2, 0.25) is 0 Å². The molecule has 1 aliphatic rings. The van der Waals surface area contributed by atoms with Crippen molar-refractivity contribution in [2.75, 3.05) is 31.4 Å². The van der Waals surface area contributed by atoms with Crippen molar-refractivity contribution in [3.63, 3.8) is 0 Å². The van der Waals surface area contributed by atoms with Gasteiger partial charge in [0.1, 0.15) is 24.7 Å². The van der Waals surface area contributed by atoms with Gasteiger partial charge in [-0.1, -0.05) is 23.9 Å². The molecule has 1 aromatic heterocycles. The van der Waals surface area contributed by atoms with Crippen LogP contribution in [-0.2, 0) is 4.79 Å². The minimum absolute atomic E-state index is 0.0952. The molecule has 0 saturated carbocycles. The van der Waals surface area contributed by atoms with Crippen molar-refractivity contribution in [2.24, 2.45) is 0 Å². The minimum atomic E-state index is -0.629. The number of amides is 3. The summed E-state index contributed by atoms with van der Waals surface area (Å²) in [5.74, 6) is 1.73.